The third-order valence-corrected chi connectivity index (χ3v) is 2.11. The normalized spacial score (nSPS) is 10.4. The molecule has 4 heteroatoms. The summed E-state index contributed by atoms with van der Waals surface area (Å²) in [5.74, 6) is 1.77. The monoisotopic (exact) mass is 189 g/mol. The summed E-state index contributed by atoms with van der Waals surface area (Å²) >= 11 is 0. The smallest absolute Gasteiger partial charge is 0.139 e. The van der Waals surface area contributed by atoms with E-state index in [1.807, 2.05) is 30.5 Å². The van der Waals surface area contributed by atoms with Crippen LogP contribution < -0.4 is 0 Å². The van der Waals surface area contributed by atoms with Gasteiger partial charge in [0.05, 0.1) is 5.69 Å². The van der Waals surface area contributed by atoms with E-state index in [4.69, 9.17) is 0 Å². The number of hydrogen-bond donors (Lipinski definition) is 1. The van der Waals surface area contributed by atoms with Gasteiger partial charge in [-0.1, -0.05) is 12.1 Å². The fourth-order valence-corrected chi connectivity index (χ4v) is 1.47. The summed E-state index contributed by atoms with van der Waals surface area (Å²) in [6.07, 6.45) is 0. The van der Waals surface area contributed by atoms with Crippen LogP contribution in [0.15, 0.2) is 24.3 Å². The number of rotatable bonds is 1. The summed E-state index contributed by atoms with van der Waals surface area (Å²) in [5.41, 5.74) is 0.715. The molecule has 1 aromatic carbocycles. The van der Waals surface area contributed by atoms with E-state index in [1.165, 1.54) is 0 Å². The SMILES string of the molecule is Cc1nnc(C)n1-c1ccccc1O. The van der Waals surface area contributed by atoms with Crippen molar-refractivity contribution in [2.75, 3.05) is 0 Å². The minimum atomic E-state index is 0.235. The van der Waals surface area contributed by atoms with E-state index in [2.05, 4.69) is 10.2 Å². The van der Waals surface area contributed by atoms with Crippen molar-refractivity contribution in [1.29, 1.82) is 0 Å². The van der Waals surface area contributed by atoms with Crippen LogP contribution in [0.25, 0.3) is 5.69 Å². The zero-order valence-electron chi connectivity index (χ0n) is 8.10. The van der Waals surface area contributed by atoms with Crippen molar-refractivity contribution < 1.29 is 5.11 Å². The lowest BCUT2D eigenvalue weighted by atomic mass is 10.3. The molecular formula is C10H11N3O. The van der Waals surface area contributed by atoms with Gasteiger partial charge in [-0.3, -0.25) is 4.57 Å². The number of hydrogen-bond acceptors (Lipinski definition) is 3. The lowest BCUT2D eigenvalue weighted by Gasteiger charge is -2.07. The van der Waals surface area contributed by atoms with E-state index in [0.29, 0.717) is 5.69 Å². The molecule has 0 aliphatic rings. The molecule has 2 aromatic rings. The van der Waals surface area contributed by atoms with Crippen LogP contribution in [0, 0.1) is 13.8 Å². The van der Waals surface area contributed by atoms with E-state index in [-0.39, 0.29) is 5.75 Å². The molecule has 0 radical (unpaired) electrons. The minimum Gasteiger partial charge on any atom is -0.506 e. The van der Waals surface area contributed by atoms with Gasteiger partial charge in [0.2, 0.25) is 0 Å². The van der Waals surface area contributed by atoms with Crippen LogP contribution in [0.2, 0.25) is 0 Å². The van der Waals surface area contributed by atoms with Crippen molar-refractivity contribution in [3.8, 4) is 11.4 Å². The standard InChI is InChI=1S/C10H11N3O/c1-7-11-12-8(2)13(7)9-5-3-4-6-10(9)14/h3-6,14H,1-2H3. The second-order valence-electron chi connectivity index (χ2n) is 3.12. The van der Waals surface area contributed by atoms with Gasteiger partial charge in [-0.25, -0.2) is 0 Å². The number of phenols is 1. The van der Waals surface area contributed by atoms with Gasteiger partial charge in [-0.2, -0.15) is 0 Å². The van der Waals surface area contributed by atoms with Gasteiger partial charge in [0, 0.05) is 0 Å². The topological polar surface area (TPSA) is 50.9 Å². The van der Waals surface area contributed by atoms with Crippen molar-refractivity contribution in [1.82, 2.24) is 14.8 Å². The van der Waals surface area contributed by atoms with Crippen LogP contribution in [0.5, 0.6) is 5.75 Å². The molecular weight excluding hydrogens is 178 g/mol. The molecule has 0 bridgehead atoms. The summed E-state index contributed by atoms with van der Waals surface area (Å²) in [5, 5.41) is 17.5. The van der Waals surface area contributed by atoms with E-state index >= 15 is 0 Å². The zero-order chi connectivity index (χ0) is 10.1. The van der Waals surface area contributed by atoms with Crippen LogP contribution in [0.1, 0.15) is 11.6 Å². The first-order chi connectivity index (χ1) is 6.70. The van der Waals surface area contributed by atoms with E-state index in [0.717, 1.165) is 11.6 Å². The number of para-hydroxylation sites is 2. The minimum absolute atomic E-state index is 0.235. The summed E-state index contributed by atoms with van der Waals surface area (Å²) in [6.45, 7) is 3.71. The predicted molar refractivity (Wildman–Crippen MR) is 52.5 cm³/mol. The van der Waals surface area contributed by atoms with Crippen LogP contribution in [-0.4, -0.2) is 19.9 Å². The van der Waals surface area contributed by atoms with Crippen LogP contribution >= 0.6 is 0 Å². The van der Waals surface area contributed by atoms with Gasteiger partial charge in [0.15, 0.2) is 0 Å². The molecule has 14 heavy (non-hydrogen) atoms. The molecule has 0 saturated heterocycles. The summed E-state index contributed by atoms with van der Waals surface area (Å²) in [7, 11) is 0. The van der Waals surface area contributed by atoms with Gasteiger partial charge in [-0.15, -0.1) is 10.2 Å². The average Bonchev–Trinajstić information content (AvgIpc) is 2.48. The number of benzene rings is 1. The molecule has 0 unspecified atom stereocenters. The zero-order valence-corrected chi connectivity index (χ0v) is 8.10. The Labute approximate surface area is 81.8 Å². The quantitative estimate of drug-likeness (QED) is 0.741. The molecule has 0 spiro atoms. The highest BCUT2D eigenvalue weighted by atomic mass is 16.3. The second-order valence-corrected chi connectivity index (χ2v) is 3.12. The number of aryl methyl sites for hydroxylation is 2. The van der Waals surface area contributed by atoms with Crippen LogP contribution in [0.3, 0.4) is 0 Å². The number of nitrogens with zero attached hydrogens (tertiary/aromatic N) is 3. The third-order valence-electron chi connectivity index (χ3n) is 2.11. The Hall–Kier alpha value is -1.84. The highest BCUT2D eigenvalue weighted by molar-refractivity contribution is 5.46. The van der Waals surface area contributed by atoms with Crippen LogP contribution in [-0.2, 0) is 0 Å². The lowest BCUT2D eigenvalue weighted by Crippen LogP contribution is -1.99. The number of aromatic hydroxyl groups is 1. The van der Waals surface area contributed by atoms with Crippen molar-refractivity contribution in [3.63, 3.8) is 0 Å². The Kier molecular flexibility index (Phi) is 1.96. The van der Waals surface area contributed by atoms with E-state index in [1.54, 1.807) is 12.1 Å². The largest absolute Gasteiger partial charge is 0.506 e. The average molecular weight is 189 g/mol. The fourth-order valence-electron chi connectivity index (χ4n) is 1.47. The molecule has 0 saturated carbocycles. The predicted octanol–water partition coefficient (Wildman–Crippen LogP) is 1.59. The molecule has 1 heterocycles. The molecule has 0 atom stereocenters. The van der Waals surface area contributed by atoms with Crippen molar-refractivity contribution in [2.24, 2.45) is 0 Å². The first kappa shape index (κ1) is 8.74. The Morgan fingerprint density at radius 3 is 2.21 bits per heavy atom. The lowest BCUT2D eigenvalue weighted by molar-refractivity contribution is 0.471. The van der Waals surface area contributed by atoms with E-state index < -0.39 is 0 Å². The first-order valence-corrected chi connectivity index (χ1v) is 4.37. The van der Waals surface area contributed by atoms with Gasteiger partial charge < -0.3 is 5.11 Å². The second kappa shape index (κ2) is 3.14. The number of phenolic OH excluding ortho intramolecular Hbond substituents is 1. The van der Waals surface area contributed by atoms with Gasteiger partial charge in [0.25, 0.3) is 0 Å². The first-order valence-electron chi connectivity index (χ1n) is 4.37. The Morgan fingerprint density at radius 1 is 1.07 bits per heavy atom. The Balaban J connectivity index is 2.66. The van der Waals surface area contributed by atoms with Crippen molar-refractivity contribution in [2.45, 2.75) is 13.8 Å². The highest BCUT2D eigenvalue weighted by Gasteiger charge is 2.09. The molecule has 0 amide bonds. The number of aromatic nitrogens is 3. The van der Waals surface area contributed by atoms with Gasteiger partial charge in [-0.05, 0) is 26.0 Å². The molecule has 0 aliphatic carbocycles. The molecule has 0 aliphatic heterocycles. The molecule has 72 valence electrons. The van der Waals surface area contributed by atoms with Crippen molar-refractivity contribution >= 4 is 0 Å². The molecule has 2 rings (SSSR count). The summed E-state index contributed by atoms with van der Waals surface area (Å²) < 4.78 is 1.81. The third kappa shape index (κ3) is 1.25. The summed E-state index contributed by atoms with van der Waals surface area (Å²) in [6, 6.07) is 7.13. The maximum Gasteiger partial charge on any atom is 0.139 e. The van der Waals surface area contributed by atoms with Crippen molar-refractivity contribution in [3.05, 3.63) is 35.9 Å². The highest BCUT2D eigenvalue weighted by Crippen LogP contribution is 2.22. The molecule has 0 fully saturated rings. The Morgan fingerprint density at radius 2 is 1.64 bits per heavy atom. The van der Waals surface area contributed by atoms with Gasteiger partial charge in [0.1, 0.15) is 17.4 Å². The molecule has 4 nitrogen and oxygen atoms in total. The van der Waals surface area contributed by atoms with Gasteiger partial charge >= 0.3 is 0 Å². The van der Waals surface area contributed by atoms with Crippen LogP contribution in [0.4, 0.5) is 0 Å². The summed E-state index contributed by atoms with van der Waals surface area (Å²) in [4.78, 5) is 0. The molecule has 1 aromatic heterocycles. The van der Waals surface area contributed by atoms with E-state index in [9.17, 15) is 5.11 Å². The maximum atomic E-state index is 9.65. The maximum absolute atomic E-state index is 9.65. The fraction of sp³-hybridized carbons (Fsp3) is 0.200. The Bertz CT molecular complexity index is 443. The molecule has 1 N–H and O–H groups in total.